The number of ketones is 1. The Morgan fingerprint density at radius 3 is 2.40 bits per heavy atom. The Hall–Kier alpha value is -1.74. The molecule has 0 saturated carbocycles. The second-order valence-corrected chi connectivity index (χ2v) is 8.72. The molecule has 0 unspecified atom stereocenters. The maximum absolute atomic E-state index is 12.2. The second-order valence-electron chi connectivity index (χ2n) is 5.29. The Kier molecular flexibility index (Phi) is 6.34. The molecule has 9 heteroatoms. The summed E-state index contributed by atoms with van der Waals surface area (Å²) in [6.45, 7) is 2.70. The predicted molar refractivity (Wildman–Crippen MR) is 95.6 cm³/mol. The van der Waals surface area contributed by atoms with Crippen LogP contribution in [0.3, 0.4) is 0 Å². The number of ether oxygens (including phenoxy) is 1. The molecule has 2 aromatic rings. The van der Waals surface area contributed by atoms with E-state index < -0.39 is 34.4 Å². The molecule has 2 rings (SSSR count). The van der Waals surface area contributed by atoms with Gasteiger partial charge in [-0.05, 0) is 38.1 Å². The molecule has 0 aliphatic rings. The standard InChI is InChI=1S/C16H16ClNO5S2/c1-10-3-5-12(6-4-10)25(21,22)18-11(2)16(20)23-9-13(19)14-7-8-15(17)24-14/h3-8,11,18H,9H2,1-2H3/t11-/m0/s1. The average molecular weight is 402 g/mol. The third kappa shape index (κ3) is 5.37. The summed E-state index contributed by atoms with van der Waals surface area (Å²) in [6.07, 6.45) is 0. The zero-order chi connectivity index (χ0) is 18.6. The Labute approximate surface area is 154 Å². The summed E-state index contributed by atoms with van der Waals surface area (Å²) in [5.74, 6) is -1.24. The minimum atomic E-state index is -3.86. The largest absolute Gasteiger partial charge is 0.456 e. The molecule has 1 N–H and O–H groups in total. The van der Waals surface area contributed by atoms with Crippen LogP contribution in [-0.2, 0) is 19.6 Å². The Morgan fingerprint density at radius 1 is 1.20 bits per heavy atom. The van der Waals surface area contributed by atoms with E-state index >= 15 is 0 Å². The molecule has 1 aromatic carbocycles. The highest BCUT2D eigenvalue weighted by molar-refractivity contribution is 7.89. The van der Waals surface area contributed by atoms with Gasteiger partial charge in [-0.3, -0.25) is 9.59 Å². The van der Waals surface area contributed by atoms with Crippen LogP contribution < -0.4 is 4.72 Å². The molecule has 0 amide bonds. The topological polar surface area (TPSA) is 89.5 Å². The lowest BCUT2D eigenvalue weighted by molar-refractivity contribution is -0.144. The summed E-state index contributed by atoms with van der Waals surface area (Å²) in [5.41, 5.74) is 0.915. The third-order valence-corrected chi connectivity index (χ3v) is 6.04. The SMILES string of the molecule is Cc1ccc(S(=O)(=O)N[C@@H](C)C(=O)OCC(=O)c2ccc(Cl)s2)cc1. The van der Waals surface area contributed by atoms with E-state index in [0.717, 1.165) is 16.9 Å². The van der Waals surface area contributed by atoms with Crippen molar-refractivity contribution in [3.05, 3.63) is 51.2 Å². The van der Waals surface area contributed by atoms with Gasteiger partial charge in [0.25, 0.3) is 0 Å². The number of carbonyl (C=O) groups excluding carboxylic acids is 2. The van der Waals surface area contributed by atoms with Crippen molar-refractivity contribution in [2.45, 2.75) is 24.8 Å². The smallest absolute Gasteiger partial charge is 0.324 e. The summed E-state index contributed by atoms with van der Waals surface area (Å²) >= 11 is 6.82. The van der Waals surface area contributed by atoms with Crippen LogP contribution in [0.2, 0.25) is 4.34 Å². The molecule has 0 aliphatic carbocycles. The van der Waals surface area contributed by atoms with E-state index in [-0.39, 0.29) is 4.90 Å². The number of nitrogens with one attached hydrogen (secondary N) is 1. The monoisotopic (exact) mass is 401 g/mol. The molecule has 0 aliphatic heterocycles. The molecule has 6 nitrogen and oxygen atoms in total. The highest BCUT2D eigenvalue weighted by atomic mass is 35.5. The van der Waals surface area contributed by atoms with Gasteiger partial charge in [0.15, 0.2) is 6.61 Å². The van der Waals surface area contributed by atoms with Crippen molar-refractivity contribution in [3.8, 4) is 0 Å². The normalized spacial score (nSPS) is 12.6. The highest BCUT2D eigenvalue weighted by Gasteiger charge is 2.24. The molecule has 1 aromatic heterocycles. The van der Waals surface area contributed by atoms with Gasteiger partial charge in [0.2, 0.25) is 15.8 Å². The number of esters is 1. The fourth-order valence-corrected chi connectivity index (χ4v) is 4.02. The number of carbonyl (C=O) groups is 2. The van der Waals surface area contributed by atoms with Crippen LogP contribution >= 0.6 is 22.9 Å². The fourth-order valence-electron chi connectivity index (χ4n) is 1.86. The van der Waals surface area contributed by atoms with Gasteiger partial charge < -0.3 is 4.74 Å². The molecule has 0 radical (unpaired) electrons. The van der Waals surface area contributed by atoms with Crippen molar-refractivity contribution >= 4 is 44.7 Å². The quantitative estimate of drug-likeness (QED) is 0.569. The van der Waals surface area contributed by atoms with Crippen LogP contribution in [0.25, 0.3) is 0 Å². The van der Waals surface area contributed by atoms with Crippen molar-refractivity contribution in [1.82, 2.24) is 4.72 Å². The fraction of sp³-hybridized carbons (Fsp3) is 0.250. The summed E-state index contributed by atoms with van der Waals surface area (Å²) < 4.78 is 32.0. The first-order chi connectivity index (χ1) is 11.7. The van der Waals surface area contributed by atoms with Crippen molar-refractivity contribution in [1.29, 1.82) is 0 Å². The number of halogens is 1. The van der Waals surface area contributed by atoms with Gasteiger partial charge in [-0.25, -0.2) is 8.42 Å². The molecule has 0 fully saturated rings. The Bertz CT molecular complexity index is 874. The summed E-state index contributed by atoms with van der Waals surface area (Å²) in [7, 11) is -3.86. The van der Waals surface area contributed by atoms with Crippen LogP contribution in [0.1, 0.15) is 22.2 Å². The summed E-state index contributed by atoms with van der Waals surface area (Å²) in [5, 5.41) is 0. The summed E-state index contributed by atoms with van der Waals surface area (Å²) in [4.78, 5) is 24.2. The lowest BCUT2D eigenvalue weighted by atomic mass is 10.2. The summed E-state index contributed by atoms with van der Waals surface area (Å²) in [6, 6.07) is 8.17. The first kappa shape index (κ1) is 19.6. The van der Waals surface area contributed by atoms with E-state index in [1.165, 1.54) is 25.1 Å². The van der Waals surface area contributed by atoms with Gasteiger partial charge in [-0.2, -0.15) is 4.72 Å². The van der Waals surface area contributed by atoms with Crippen LogP contribution in [0, 0.1) is 6.92 Å². The van der Waals surface area contributed by atoms with Gasteiger partial charge >= 0.3 is 5.97 Å². The van der Waals surface area contributed by atoms with Gasteiger partial charge in [-0.1, -0.05) is 29.3 Å². The lowest BCUT2D eigenvalue weighted by Gasteiger charge is -2.13. The van der Waals surface area contributed by atoms with E-state index in [9.17, 15) is 18.0 Å². The maximum Gasteiger partial charge on any atom is 0.324 e. The number of rotatable bonds is 7. The number of aryl methyl sites for hydroxylation is 1. The molecular formula is C16H16ClNO5S2. The average Bonchev–Trinajstić information content (AvgIpc) is 2.98. The van der Waals surface area contributed by atoms with Crippen LogP contribution in [0.5, 0.6) is 0 Å². The van der Waals surface area contributed by atoms with E-state index in [1.807, 2.05) is 6.92 Å². The van der Waals surface area contributed by atoms with Crippen molar-refractivity contribution in [3.63, 3.8) is 0 Å². The minimum Gasteiger partial charge on any atom is -0.456 e. The van der Waals surface area contributed by atoms with Crippen LogP contribution in [0.15, 0.2) is 41.3 Å². The van der Waals surface area contributed by atoms with E-state index in [2.05, 4.69) is 4.72 Å². The maximum atomic E-state index is 12.2. The number of thiophene rings is 1. The van der Waals surface area contributed by atoms with Gasteiger partial charge in [0.05, 0.1) is 14.1 Å². The zero-order valence-corrected chi connectivity index (χ0v) is 15.9. The zero-order valence-electron chi connectivity index (χ0n) is 13.5. The number of hydrogen-bond acceptors (Lipinski definition) is 6. The van der Waals surface area contributed by atoms with Crippen molar-refractivity contribution in [2.24, 2.45) is 0 Å². The second kappa shape index (κ2) is 8.09. The Morgan fingerprint density at radius 2 is 1.84 bits per heavy atom. The number of Topliss-reactive ketones (excluding diaryl/α,β-unsaturated/α-hetero) is 1. The van der Waals surface area contributed by atoms with E-state index in [4.69, 9.17) is 16.3 Å². The highest BCUT2D eigenvalue weighted by Crippen LogP contribution is 2.21. The Balaban J connectivity index is 1.93. The van der Waals surface area contributed by atoms with Gasteiger partial charge in [0, 0.05) is 0 Å². The number of sulfonamides is 1. The molecule has 134 valence electrons. The van der Waals surface area contributed by atoms with Crippen molar-refractivity contribution < 1.29 is 22.7 Å². The molecule has 1 heterocycles. The molecular weight excluding hydrogens is 386 g/mol. The first-order valence-corrected chi connectivity index (χ1v) is 9.91. The van der Waals surface area contributed by atoms with Crippen LogP contribution in [0.4, 0.5) is 0 Å². The van der Waals surface area contributed by atoms with Crippen molar-refractivity contribution in [2.75, 3.05) is 6.61 Å². The van der Waals surface area contributed by atoms with Crippen LogP contribution in [-0.4, -0.2) is 32.8 Å². The molecule has 25 heavy (non-hydrogen) atoms. The minimum absolute atomic E-state index is 0.0436. The first-order valence-electron chi connectivity index (χ1n) is 7.23. The predicted octanol–water partition coefficient (Wildman–Crippen LogP) is 2.80. The van der Waals surface area contributed by atoms with E-state index in [0.29, 0.717) is 9.21 Å². The van der Waals surface area contributed by atoms with Gasteiger partial charge in [-0.15, -0.1) is 11.3 Å². The van der Waals surface area contributed by atoms with E-state index in [1.54, 1.807) is 18.2 Å². The molecule has 1 atom stereocenters. The molecule has 0 bridgehead atoms. The third-order valence-electron chi connectivity index (χ3n) is 3.21. The molecule has 0 spiro atoms. The number of hydrogen-bond donors (Lipinski definition) is 1. The lowest BCUT2D eigenvalue weighted by Crippen LogP contribution is -2.40. The molecule has 0 saturated heterocycles. The van der Waals surface area contributed by atoms with Gasteiger partial charge in [0.1, 0.15) is 6.04 Å². The number of benzene rings is 1.